The number of hydrogen-bond acceptors (Lipinski definition) is 6. The molecular formula is C22H24N4O2S. The van der Waals surface area contributed by atoms with E-state index in [2.05, 4.69) is 46.4 Å². The molecule has 3 aromatic rings. The van der Waals surface area contributed by atoms with Gasteiger partial charge in [-0.2, -0.15) is 0 Å². The van der Waals surface area contributed by atoms with Crippen LogP contribution in [0.5, 0.6) is 0 Å². The van der Waals surface area contributed by atoms with Crippen LogP contribution in [-0.2, 0) is 13.0 Å². The molecule has 2 aromatic carbocycles. The van der Waals surface area contributed by atoms with Gasteiger partial charge in [-0.15, -0.1) is 11.3 Å². The van der Waals surface area contributed by atoms with Gasteiger partial charge in [-0.25, -0.2) is 4.98 Å². The van der Waals surface area contributed by atoms with Crippen molar-refractivity contribution in [2.75, 3.05) is 31.1 Å². The van der Waals surface area contributed by atoms with Gasteiger partial charge in [0.1, 0.15) is 5.01 Å². The Morgan fingerprint density at radius 3 is 2.34 bits per heavy atom. The fourth-order valence-corrected chi connectivity index (χ4v) is 4.39. The molecule has 7 heteroatoms. The maximum Gasteiger partial charge on any atom is 0.269 e. The largest absolute Gasteiger partial charge is 0.369 e. The standard InChI is InChI=1S/C22H24N4O2S/c1-2-17-3-5-18(6-4-17)22-23-19(16-29-22)15-24-11-13-25(14-12-24)20-7-9-21(10-8-20)26(27)28/h3-10,16H,2,11-15H2,1H3. The van der Waals surface area contributed by atoms with Gasteiger partial charge < -0.3 is 4.90 Å². The summed E-state index contributed by atoms with van der Waals surface area (Å²) in [5, 5.41) is 14.0. The second-order valence-electron chi connectivity index (χ2n) is 7.23. The fraction of sp³-hybridized carbons (Fsp3) is 0.318. The Balaban J connectivity index is 1.32. The molecule has 6 nitrogen and oxygen atoms in total. The molecule has 1 aromatic heterocycles. The van der Waals surface area contributed by atoms with Crippen LogP contribution in [0.15, 0.2) is 53.9 Å². The first-order valence-corrected chi connectivity index (χ1v) is 10.8. The number of aromatic nitrogens is 1. The lowest BCUT2D eigenvalue weighted by Gasteiger charge is -2.35. The average Bonchev–Trinajstić information content (AvgIpc) is 3.23. The van der Waals surface area contributed by atoms with Gasteiger partial charge in [0.2, 0.25) is 0 Å². The minimum Gasteiger partial charge on any atom is -0.369 e. The summed E-state index contributed by atoms with van der Waals surface area (Å²) in [5.41, 5.74) is 4.82. The number of piperazine rings is 1. The van der Waals surface area contributed by atoms with Crippen molar-refractivity contribution in [1.29, 1.82) is 0 Å². The summed E-state index contributed by atoms with van der Waals surface area (Å²) in [6.45, 7) is 6.75. The minimum absolute atomic E-state index is 0.135. The molecule has 0 bridgehead atoms. The number of aryl methyl sites for hydroxylation is 1. The van der Waals surface area contributed by atoms with Crippen molar-refractivity contribution in [3.8, 4) is 10.6 Å². The highest BCUT2D eigenvalue weighted by molar-refractivity contribution is 7.13. The highest BCUT2D eigenvalue weighted by Crippen LogP contribution is 2.25. The van der Waals surface area contributed by atoms with Crippen LogP contribution in [0, 0.1) is 10.1 Å². The molecule has 1 saturated heterocycles. The summed E-state index contributed by atoms with van der Waals surface area (Å²) >= 11 is 1.70. The third-order valence-corrected chi connectivity index (χ3v) is 6.28. The van der Waals surface area contributed by atoms with Crippen molar-refractivity contribution in [2.24, 2.45) is 0 Å². The van der Waals surface area contributed by atoms with E-state index in [1.165, 1.54) is 11.1 Å². The molecule has 150 valence electrons. The zero-order valence-corrected chi connectivity index (χ0v) is 17.3. The van der Waals surface area contributed by atoms with E-state index < -0.39 is 0 Å². The molecule has 0 unspecified atom stereocenters. The van der Waals surface area contributed by atoms with Gasteiger partial charge >= 0.3 is 0 Å². The van der Waals surface area contributed by atoms with E-state index in [-0.39, 0.29) is 10.6 Å². The van der Waals surface area contributed by atoms with E-state index >= 15 is 0 Å². The predicted molar refractivity (Wildman–Crippen MR) is 118 cm³/mol. The number of nitro benzene ring substituents is 1. The van der Waals surface area contributed by atoms with Crippen LogP contribution < -0.4 is 4.90 Å². The topological polar surface area (TPSA) is 62.5 Å². The number of thiazole rings is 1. The molecule has 1 aliphatic heterocycles. The normalized spacial score (nSPS) is 14.9. The van der Waals surface area contributed by atoms with Crippen LogP contribution in [0.25, 0.3) is 10.6 Å². The van der Waals surface area contributed by atoms with Gasteiger partial charge in [-0.05, 0) is 24.1 Å². The molecule has 0 spiro atoms. The number of rotatable bonds is 6. The molecule has 0 N–H and O–H groups in total. The average molecular weight is 409 g/mol. The van der Waals surface area contributed by atoms with Gasteiger partial charge in [0.25, 0.3) is 5.69 Å². The van der Waals surface area contributed by atoms with Gasteiger partial charge in [0.05, 0.1) is 10.6 Å². The first kappa shape index (κ1) is 19.5. The lowest BCUT2D eigenvalue weighted by molar-refractivity contribution is -0.384. The van der Waals surface area contributed by atoms with Crippen LogP contribution in [-0.4, -0.2) is 41.0 Å². The number of nitrogens with zero attached hydrogens (tertiary/aromatic N) is 4. The van der Waals surface area contributed by atoms with Crippen LogP contribution in [0.1, 0.15) is 18.2 Å². The quantitative estimate of drug-likeness (QED) is 0.440. The van der Waals surface area contributed by atoms with Gasteiger partial charge in [-0.3, -0.25) is 15.0 Å². The molecule has 0 atom stereocenters. The van der Waals surface area contributed by atoms with Gasteiger partial charge in [0.15, 0.2) is 0 Å². The van der Waals surface area contributed by atoms with Crippen molar-refractivity contribution >= 4 is 22.7 Å². The predicted octanol–water partition coefficient (Wildman–Crippen LogP) is 4.60. The Morgan fingerprint density at radius 2 is 1.72 bits per heavy atom. The second kappa shape index (κ2) is 8.71. The molecule has 2 heterocycles. The van der Waals surface area contributed by atoms with E-state index in [1.54, 1.807) is 23.5 Å². The molecule has 0 saturated carbocycles. The van der Waals surface area contributed by atoms with Gasteiger partial charge in [-0.1, -0.05) is 31.2 Å². The third-order valence-electron chi connectivity index (χ3n) is 5.34. The number of non-ortho nitro benzene ring substituents is 1. The van der Waals surface area contributed by atoms with Crippen molar-refractivity contribution in [2.45, 2.75) is 19.9 Å². The zero-order valence-electron chi connectivity index (χ0n) is 16.5. The van der Waals surface area contributed by atoms with E-state index in [9.17, 15) is 10.1 Å². The molecular weight excluding hydrogens is 384 g/mol. The number of anilines is 1. The van der Waals surface area contributed by atoms with Crippen molar-refractivity contribution in [3.05, 3.63) is 75.3 Å². The third kappa shape index (κ3) is 4.63. The Bertz CT molecular complexity index is 961. The molecule has 0 radical (unpaired) electrons. The number of benzene rings is 2. The molecule has 4 rings (SSSR count). The lowest BCUT2D eigenvalue weighted by atomic mass is 10.1. The van der Waals surface area contributed by atoms with Crippen LogP contribution in [0.4, 0.5) is 11.4 Å². The molecule has 29 heavy (non-hydrogen) atoms. The van der Waals surface area contributed by atoms with Gasteiger partial charge in [0, 0.05) is 61.5 Å². The smallest absolute Gasteiger partial charge is 0.269 e. The van der Waals surface area contributed by atoms with Crippen LogP contribution >= 0.6 is 11.3 Å². The van der Waals surface area contributed by atoms with Crippen molar-refractivity contribution < 1.29 is 4.92 Å². The maximum atomic E-state index is 10.8. The van der Waals surface area contributed by atoms with Crippen molar-refractivity contribution in [3.63, 3.8) is 0 Å². The summed E-state index contributed by atoms with van der Waals surface area (Å²) in [5.74, 6) is 0. The Hall–Kier alpha value is -2.77. The first-order valence-electron chi connectivity index (χ1n) is 9.88. The maximum absolute atomic E-state index is 10.8. The molecule has 1 aliphatic rings. The zero-order chi connectivity index (χ0) is 20.2. The Labute approximate surface area is 174 Å². The monoisotopic (exact) mass is 408 g/mol. The number of hydrogen-bond donors (Lipinski definition) is 0. The second-order valence-corrected chi connectivity index (χ2v) is 8.09. The minimum atomic E-state index is -0.359. The van der Waals surface area contributed by atoms with Crippen molar-refractivity contribution in [1.82, 2.24) is 9.88 Å². The highest BCUT2D eigenvalue weighted by atomic mass is 32.1. The first-order chi connectivity index (χ1) is 14.1. The summed E-state index contributed by atoms with van der Waals surface area (Å²) in [6, 6.07) is 15.5. The molecule has 0 aliphatic carbocycles. The number of nitro groups is 1. The summed E-state index contributed by atoms with van der Waals surface area (Å²) in [4.78, 5) is 20.0. The highest BCUT2D eigenvalue weighted by Gasteiger charge is 2.19. The van der Waals surface area contributed by atoms with Crippen LogP contribution in [0.2, 0.25) is 0 Å². The fourth-order valence-electron chi connectivity index (χ4n) is 3.57. The molecule has 0 amide bonds. The SMILES string of the molecule is CCc1ccc(-c2nc(CN3CCN(c4ccc([N+](=O)[O-])cc4)CC3)cs2)cc1. The van der Waals surface area contributed by atoms with E-state index in [4.69, 9.17) is 4.98 Å². The summed E-state index contributed by atoms with van der Waals surface area (Å²) < 4.78 is 0. The van der Waals surface area contributed by atoms with E-state index in [0.29, 0.717) is 0 Å². The lowest BCUT2D eigenvalue weighted by Crippen LogP contribution is -2.46. The summed E-state index contributed by atoms with van der Waals surface area (Å²) in [7, 11) is 0. The van der Waals surface area contributed by atoms with Crippen LogP contribution in [0.3, 0.4) is 0 Å². The van der Waals surface area contributed by atoms with E-state index in [1.807, 2.05) is 12.1 Å². The molecule has 1 fully saturated rings. The Morgan fingerprint density at radius 1 is 1.03 bits per heavy atom. The van der Waals surface area contributed by atoms with E-state index in [0.717, 1.165) is 55.5 Å². The summed E-state index contributed by atoms with van der Waals surface area (Å²) in [6.07, 6.45) is 1.05. The Kier molecular flexibility index (Phi) is 5.87.